The number of hydrogen-bond donors (Lipinski definition) is 1. The lowest BCUT2D eigenvalue weighted by atomic mass is 9.68. The van der Waals surface area contributed by atoms with Crippen molar-refractivity contribution in [1.82, 2.24) is 4.98 Å². The molecule has 1 N–H and O–H groups in total. The first kappa shape index (κ1) is 11.9. The lowest BCUT2D eigenvalue weighted by Gasteiger charge is -2.36. The largest absolute Gasteiger partial charge is 0.301 e. The van der Waals surface area contributed by atoms with Crippen LogP contribution >= 0.6 is 11.3 Å². The molecule has 2 bridgehead atoms. The van der Waals surface area contributed by atoms with E-state index in [1.54, 1.807) is 6.20 Å². The summed E-state index contributed by atoms with van der Waals surface area (Å²) in [5, 5.41) is 5.52. The van der Waals surface area contributed by atoms with Crippen molar-refractivity contribution in [2.75, 3.05) is 5.32 Å². The van der Waals surface area contributed by atoms with Gasteiger partial charge in [-0.1, -0.05) is 26.0 Å². The van der Waals surface area contributed by atoms with Crippen molar-refractivity contribution < 1.29 is 4.79 Å². The molecular weight excluding hydrogens is 244 g/mol. The highest BCUT2D eigenvalue weighted by Crippen LogP contribution is 2.65. The number of hydrogen-bond acceptors (Lipinski definition) is 3. The van der Waals surface area contributed by atoms with Gasteiger partial charge in [-0.25, -0.2) is 4.98 Å². The standard InChI is InChI=1S/C14H18N2OS/c1-9-13(2,3)10-4-5-14(9,8-10)11(17)16-12-15-6-7-18-12/h6-7,10H,1,4-5,8H2,2-3H3,(H,15,16,17)/t10-,14-/m1/s1. The molecular formula is C14H18N2OS. The number of carbonyl (C=O) groups excluding carboxylic acids is 1. The average molecular weight is 262 g/mol. The fourth-order valence-corrected chi connectivity index (χ4v) is 4.17. The molecule has 0 aliphatic heterocycles. The molecule has 1 amide bonds. The van der Waals surface area contributed by atoms with Gasteiger partial charge < -0.3 is 5.32 Å². The molecule has 0 aromatic carbocycles. The minimum Gasteiger partial charge on any atom is -0.301 e. The van der Waals surface area contributed by atoms with E-state index in [0.717, 1.165) is 24.8 Å². The van der Waals surface area contributed by atoms with E-state index in [9.17, 15) is 4.79 Å². The predicted molar refractivity (Wildman–Crippen MR) is 73.4 cm³/mol. The second-order valence-electron chi connectivity index (χ2n) is 6.01. The van der Waals surface area contributed by atoms with Gasteiger partial charge >= 0.3 is 0 Å². The van der Waals surface area contributed by atoms with E-state index < -0.39 is 0 Å². The van der Waals surface area contributed by atoms with E-state index in [-0.39, 0.29) is 16.7 Å². The molecule has 0 unspecified atom stereocenters. The Morgan fingerprint density at radius 2 is 2.39 bits per heavy atom. The second kappa shape index (κ2) is 3.67. The van der Waals surface area contributed by atoms with E-state index in [1.165, 1.54) is 11.3 Å². The SMILES string of the molecule is C=C1C(C)(C)[C@@H]2CC[C@@]1(C(=O)Nc1nccs1)C2. The summed E-state index contributed by atoms with van der Waals surface area (Å²) in [5.41, 5.74) is 0.860. The lowest BCUT2D eigenvalue weighted by molar-refractivity contribution is -0.123. The van der Waals surface area contributed by atoms with Crippen LogP contribution in [0.15, 0.2) is 23.7 Å². The molecule has 1 heterocycles. The Morgan fingerprint density at radius 1 is 1.61 bits per heavy atom. The molecule has 2 saturated carbocycles. The Hall–Kier alpha value is -1.16. The molecule has 0 radical (unpaired) electrons. The maximum atomic E-state index is 12.6. The maximum Gasteiger partial charge on any atom is 0.236 e. The van der Waals surface area contributed by atoms with Gasteiger partial charge in [-0.2, -0.15) is 0 Å². The molecule has 2 aliphatic carbocycles. The van der Waals surface area contributed by atoms with Gasteiger partial charge in [0.05, 0.1) is 5.41 Å². The fraction of sp³-hybridized carbons (Fsp3) is 0.571. The monoisotopic (exact) mass is 262 g/mol. The van der Waals surface area contributed by atoms with E-state index in [1.807, 2.05) is 5.38 Å². The first-order valence-electron chi connectivity index (χ1n) is 6.37. The Balaban J connectivity index is 1.88. The first-order valence-corrected chi connectivity index (χ1v) is 7.25. The normalized spacial score (nSPS) is 32.8. The van der Waals surface area contributed by atoms with Crippen LogP contribution in [0, 0.1) is 16.7 Å². The summed E-state index contributed by atoms with van der Waals surface area (Å²) < 4.78 is 0. The van der Waals surface area contributed by atoms with E-state index in [0.29, 0.717) is 11.0 Å². The van der Waals surface area contributed by atoms with Crippen LogP contribution in [0.5, 0.6) is 0 Å². The Bertz CT molecular complexity index is 506. The maximum absolute atomic E-state index is 12.6. The summed E-state index contributed by atoms with van der Waals surface area (Å²) in [7, 11) is 0. The minimum absolute atomic E-state index is 0.0931. The molecule has 0 spiro atoms. The van der Waals surface area contributed by atoms with Crippen molar-refractivity contribution in [3.8, 4) is 0 Å². The van der Waals surface area contributed by atoms with E-state index in [2.05, 4.69) is 30.7 Å². The zero-order valence-electron chi connectivity index (χ0n) is 10.8. The molecule has 2 aliphatic rings. The van der Waals surface area contributed by atoms with Crippen molar-refractivity contribution in [1.29, 1.82) is 0 Å². The summed E-state index contributed by atoms with van der Waals surface area (Å²) in [6.45, 7) is 8.67. The summed E-state index contributed by atoms with van der Waals surface area (Å²) >= 11 is 1.46. The van der Waals surface area contributed by atoms with Crippen LogP contribution < -0.4 is 5.32 Å². The molecule has 3 rings (SSSR count). The van der Waals surface area contributed by atoms with Crippen molar-refractivity contribution in [2.45, 2.75) is 33.1 Å². The number of nitrogens with one attached hydrogen (secondary N) is 1. The van der Waals surface area contributed by atoms with Crippen molar-refractivity contribution >= 4 is 22.4 Å². The summed E-state index contributed by atoms with van der Waals surface area (Å²) in [6, 6.07) is 0. The molecule has 2 atom stereocenters. The first-order chi connectivity index (χ1) is 8.47. The third-order valence-electron chi connectivity index (χ3n) is 4.98. The number of carbonyl (C=O) groups is 1. The molecule has 96 valence electrons. The predicted octanol–water partition coefficient (Wildman–Crippen LogP) is 3.46. The highest BCUT2D eigenvalue weighted by Gasteiger charge is 2.60. The molecule has 1 aromatic rings. The van der Waals surface area contributed by atoms with Crippen molar-refractivity contribution in [2.24, 2.45) is 16.7 Å². The van der Waals surface area contributed by atoms with Gasteiger partial charge in [0.2, 0.25) is 5.91 Å². The van der Waals surface area contributed by atoms with Crippen LogP contribution in [0.4, 0.5) is 5.13 Å². The molecule has 1 aromatic heterocycles. The third kappa shape index (κ3) is 1.41. The fourth-order valence-electron chi connectivity index (χ4n) is 3.64. The van der Waals surface area contributed by atoms with Gasteiger partial charge in [0.1, 0.15) is 0 Å². The summed E-state index contributed by atoms with van der Waals surface area (Å²) in [4.78, 5) is 16.7. The van der Waals surface area contributed by atoms with Crippen LogP contribution in [0.25, 0.3) is 0 Å². The second-order valence-corrected chi connectivity index (χ2v) is 6.91. The Labute approximate surface area is 111 Å². The van der Waals surface area contributed by atoms with Gasteiger partial charge in [0, 0.05) is 11.6 Å². The van der Waals surface area contributed by atoms with Gasteiger partial charge in [0.15, 0.2) is 5.13 Å². The van der Waals surface area contributed by atoms with Crippen LogP contribution in [0.2, 0.25) is 0 Å². The number of fused-ring (bicyclic) bond motifs is 2. The molecule has 4 heteroatoms. The molecule has 18 heavy (non-hydrogen) atoms. The number of aromatic nitrogens is 1. The minimum atomic E-state index is -0.347. The van der Waals surface area contributed by atoms with Crippen LogP contribution in [0.3, 0.4) is 0 Å². The lowest BCUT2D eigenvalue weighted by Crippen LogP contribution is -2.37. The number of amides is 1. The number of thiazole rings is 1. The summed E-state index contributed by atoms with van der Waals surface area (Å²) in [6.07, 6.45) is 4.74. The third-order valence-corrected chi connectivity index (χ3v) is 5.67. The molecule has 2 fully saturated rings. The van der Waals surface area contributed by atoms with Crippen LogP contribution in [0.1, 0.15) is 33.1 Å². The Morgan fingerprint density at radius 3 is 2.94 bits per heavy atom. The smallest absolute Gasteiger partial charge is 0.236 e. The van der Waals surface area contributed by atoms with Gasteiger partial charge in [0.25, 0.3) is 0 Å². The van der Waals surface area contributed by atoms with Crippen molar-refractivity contribution in [3.05, 3.63) is 23.7 Å². The number of nitrogens with zero attached hydrogens (tertiary/aromatic N) is 1. The summed E-state index contributed by atoms with van der Waals surface area (Å²) in [5.74, 6) is 0.697. The van der Waals surface area contributed by atoms with E-state index in [4.69, 9.17) is 0 Å². The highest BCUT2D eigenvalue weighted by molar-refractivity contribution is 7.13. The van der Waals surface area contributed by atoms with Crippen LogP contribution in [-0.2, 0) is 4.79 Å². The molecule has 3 nitrogen and oxygen atoms in total. The molecule has 0 saturated heterocycles. The van der Waals surface area contributed by atoms with E-state index >= 15 is 0 Å². The topological polar surface area (TPSA) is 42.0 Å². The van der Waals surface area contributed by atoms with Gasteiger partial charge in [-0.3, -0.25) is 4.79 Å². The zero-order chi connectivity index (χ0) is 13.0. The van der Waals surface area contributed by atoms with Gasteiger partial charge in [-0.15, -0.1) is 11.3 Å². The number of anilines is 1. The van der Waals surface area contributed by atoms with Crippen molar-refractivity contribution in [3.63, 3.8) is 0 Å². The quantitative estimate of drug-likeness (QED) is 0.829. The Kier molecular flexibility index (Phi) is 2.43. The van der Waals surface area contributed by atoms with Crippen LogP contribution in [-0.4, -0.2) is 10.9 Å². The zero-order valence-corrected chi connectivity index (χ0v) is 11.6. The highest BCUT2D eigenvalue weighted by atomic mass is 32.1. The number of rotatable bonds is 2. The van der Waals surface area contributed by atoms with Gasteiger partial charge in [-0.05, 0) is 30.6 Å². The average Bonchev–Trinajstić information content (AvgIpc) is 2.98.